The molecule has 0 aliphatic carbocycles. The lowest BCUT2D eigenvalue weighted by molar-refractivity contribution is -0.137. The van der Waals surface area contributed by atoms with E-state index in [4.69, 9.17) is 33.0 Å². The van der Waals surface area contributed by atoms with Gasteiger partial charge in [0.25, 0.3) is 0 Å². The van der Waals surface area contributed by atoms with Gasteiger partial charge >= 0.3 is 12.0 Å². The Bertz CT molecular complexity index is 526. The Labute approximate surface area is 138 Å². The van der Waals surface area contributed by atoms with Crippen molar-refractivity contribution in [2.45, 2.75) is 13.0 Å². The molecule has 0 atom stereocenters. The molecule has 1 aromatic carbocycles. The molecule has 0 heterocycles. The van der Waals surface area contributed by atoms with Crippen molar-refractivity contribution in [3.8, 4) is 0 Å². The first-order chi connectivity index (χ1) is 10.4. The minimum Gasteiger partial charge on any atom is -0.481 e. The van der Waals surface area contributed by atoms with E-state index in [1.807, 2.05) is 0 Å². The highest BCUT2D eigenvalue weighted by atomic mass is 35.5. The predicted molar refractivity (Wildman–Crippen MR) is 84.4 cm³/mol. The molecular weight excluding hydrogens is 331 g/mol. The molecule has 6 nitrogen and oxygen atoms in total. The van der Waals surface area contributed by atoms with Gasteiger partial charge in [0.2, 0.25) is 0 Å². The third-order valence-corrected chi connectivity index (χ3v) is 3.39. The summed E-state index contributed by atoms with van der Waals surface area (Å²) >= 11 is 11.8. The molecule has 0 aromatic heterocycles. The molecule has 0 aliphatic rings. The lowest BCUT2D eigenvalue weighted by atomic mass is 10.2. The normalized spacial score (nSPS) is 10.3. The van der Waals surface area contributed by atoms with Gasteiger partial charge in [0.05, 0.1) is 19.6 Å². The fraction of sp³-hybridized carbons (Fsp3) is 0.429. The van der Waals surface area contributed by atoms with E-state index >= 15 is 0 Å². The lowest BCUT2D eigenvalue weighted by Crippen LogP contribution is -2.39. The van der Waals surface area contributed by atoms with Crippen molar-refractivity contribution in [1.29, 1.82) is 0 Å². The van der Waals surface area contributed by atoms with Crippen LogP contribution in [0, 0.1) is 0 Å². The number of hydrogen-bond donors (Lipinski definition) is 2. The summed E-state index contributed by atoms with van der Waals surface area (Å²) in [5.74, 6) is -0.942. The van der Waals surface area contributed by atoms with Gasteiger partial charge in [0.15, 0.2) is 0 Å². The van der Waals surface area contributed by atoms with Crippen molar-refractivity contribution in [2.75, 3.05) is 26.7 Å². The number of carboxylic acid groups (broad SMARTS) is 1. The van der Waals surface area contributed by atoms with Crippen LogP contribution in [0.4, 0.5) is 4.79 Å². The molecule has 8 heteroatoms. The molecule has 122 valence electrons. The third kappa shape index (κ3) is 6.98. The maximum atomic E-state index is 11.6. The molecule has 0 saturated carbocycles. The summed E-state index contributed by atoms with van der Waals surface area (Å²) in [6.45, 7) is 1.11. The Balaban J connectivity index is 2.19. The van der Waals surface area contributed by atoms with Gasteiger partial charge < -0.3 is 20.1 Å². The first kappa shape index (κ1) is 18.5. The van der Waals surface area contributed by atoms with Gasteiger partial charge in [-0.25, -0.2) is 4.79 Å². The molecule has 22 heavy (non-hydrogen) atoms. The minimum absolute atomic E-state index is 0.0878. The van der Waals surface area contributed by atoms with Crippen molar-refractivity contribution in [1.82, 2.24) is 10.2 Å². The molecule has 2 amide bonds. The van der Waals surface area contributed by atoms with Crippen LogP contribution in [0.5, 0.6) is 0 Å². The number of amides is 2. The highest BCUT2D eigenvalue weighted by Crippen LogP contribution is 2.21. The number of carbonyl (C=O) groups is 2. The lowest BCUT2D eigenvalue weighted by Gasteiger charge is -2.16. The van der Waals surface area contributed by atoms with Crippen LogP contribution in [0.2, 0.25) is 10.0 Å². The Kier molecular flexibility index (Phi) is 8.01. The quantitative estimate of drug-likeness (QED) is 0.707. The molecule has 0 fully saturated rings. The molecule has 1 aromatic rings. The molecule has 0 radical (unpaired) electrons. The topological polar surface area (TPSA) is 78.9 Å². The Morgan fingerprint density at radius 3 is 2.73 bits per heavy atom. The van der Waals surface area contributed by atoms with Crippen LogP contribution in [0.1, 0.15) is 12.0 Å². The van der Waals surface area contributed by atoms with Gasteiger partial charge in [-0.15, -0.1) is 0 Å². The zero-order valence-electron chi connectivity index (χ0n) is 12.1. The number of nitrogens with one attached hydrogen (secondary N) is 1. The number of ether oxygens (including phenoxy) is 1. The molecule has 0 unspecified atom stereocenters. The van der Waals surface area contributed by atoms with E-state index < -0.39 is 5.97 Å². The summed E-state index contributed by atoms with van der Waals surface area (Å²) in [5, 5.41) is 12.3. The largest absolute Gasteiger partial charge is 0.481 e. The maximum Gasteiger partial charge on any atom is 0.317 e. The number of nitrogens with zero attached hydrogens (tertiary/aromatic N) is 1. The highest BCUT2D eigenvalue weighted by molar-refractivity contribution is 6.35. The van der Waals surface area contributed by atoms with E-state index in [-0.39, 0.29) is 19.0 Å². The van der Waals surface area contributed by atoms with E-state index in [0.717, 1.165) is 5.56 Å². The summed E-state index contributed by atoms with van der Waals surface area (Å²) in [6.07, 6.45) is -0.0878. The van der Waals surface area contributed by atoms with Gasteiger partial charge in [-0.1, -0.05) is 29.3 Å². The average molecular weight is 349 g/mol. The Morgan fingerprint density at radius 1 is 1.36 bits per heavy atom. The van der Waals surface area contributed by atoms with Gasteiger partial charge in [-0.3, -0.25) is 4.79 Å². The molecule has 2 N–H and O–H groups in total. The van der Waals surface area contributed by atoms with Gasteiger partial charge in [0, 0.05) is 30.2 Å². The molecule has 0 aliphatic heterocycles. The number of aliphatic carboxylic acids is 1. The number of hydrogen-bond acceptors (Lipinski definition) is 3. The van der Waals surface area contributed by atoms with E-state index in [0.29, 0.717) is 29.8 Å². The number of carboxylic acids is 1. The van der Waals surface area contributed by atoms with Crippen molar-refractivity contribution >= 4 is 35.2 Å². The standard InChI is InChI=1S/C14H18Cl2N2O4/c1-18(6-4-13(19)20)14(21)17-5-7-22-9-10-2-3-11(15)8-12(10)16/h2-3,8H,4-7,9H2,1H3,(H,17,21)(H,19,20). The van der Waals surface area contributed by atoms with Crippen molar-refractivity contribution in [3.05, 3.63) is 33.8 Å². The Hall–Kier alpha value is -1.50. The van der Waals surface area contributed by atoms with E-state index in [9.17, 15) is 9.59 Å². The summed E-state index contributed by atoms with van der Waals surface area (Å²) < 4.78 is 5.41. The third-order valence-electron chi connectivity index (χ3n) is 2.80. The smallest absolute Gasteiger partial charge is 0.317 e. The van der Waals surface area contributed by atoms with Crippen LogP contribution in [-0.4, -0.2) is 48.8 Å². The number of benzene rings is 1. The fourth-order valence-corrected chi connectivity index (χ4v) is 2.01. The van der Waals surface area contributed by atoms with Crippen LogP contribution in [0.3, 0.4) is 0 Å². The predicted octanol–water partition coefficient (Wildman–Crippen LogP) is 2.63. The molecule has 0 spiro atoms. The summed E-state index contributed by atoms with van der Waals surface area (Å²) in [6, 6.07) is 4.81. The first-order valence-corrected chi connectivity index (χ1v) is 7.38. The minimum atomic E-state index is -0.942. The second kappa shape index (κ2) is 9.50. The van der Waals surface area contributed by atoms with Crippen LogP contribution < -0.4 is 5.32 Å². The van der Waals surface area contributed by atoms with Gasteiger partial charge in [0.1, 0.15) is 0 Å². The van der Waals surface area contributed by atoms with Gasteiger partial charge in [-0.2, -0.15) is 0 Å². The van der Waals surface area contributed by atoms with E-state index in [1.165, 1.54) is 11.9 Å². The highest BCUT2D eigenvalue weighted by Gasteiger charge is 2.09. The summed E-state index contributed by atoms with van der Waals surface area (Å²) in [5.41, 5.74) is 0.816. The monoisotopic (exact) mass is 348 g/mol. The number of carbonyl (C=O) groups excluding carboxylic acids is 1. The molecular formula is C14H18Cl2N2O4. The first-order valence-electron chi connectivity index (χ1n) is 6.62. The average Bonchev–Trinajstić information content (AvgIpc) is 2.46. The number of urea groups is 1. The molecule has 1 rings (SSSR count). The van der Waals surface area contributed by atoms with Gasteiger partial charge in [-0.05, 0) is 17.7 Å². The van der Waals surface area contributed by atoms with Crippen LogP contribution in [-0.2, 0) is 16.1 Å². The van der Waals surface area contributed by atoms with Crippen molar-refractivity contribution < 1.29 is 19.4 Å². The SMILES string of the molecule is CN(CCC(=O)O)C(=O)NCCOCc1ccc(Cl)cc1Cl. The van der Waals surface area contributed by atoms with E-state index in [1.54, 1.807) is 18.2 Å². The van der Waals surface area contributed by atoms with E-state index in [2.05, 4.69) is 5.32 Å². The summed E-state index contributed by atoms with van der Waals surface area (Å²) in [4.78, 5) is 23.3. The van der Waals surface area contributed by atoms with Crippen molar-refractivity contribution in [2.24, 2.45) is 0 Å². The van der Waals surface area contributed by atoms with Crippen LogP contribution >= 0.6 is 23.2 Å². The number of halogens is 2. The summed E-state index contributed by atoms with van der Waals surface area (Å²) in [7, 11) is 1.53. The zero-order valence-corrected chi connectivity index (χ0v) is 13.7. The maximum absolute atomic E-state index is 11.6. The Morgan fingerprint density at radius 2 is 2.09 bits per heavy atom. The van der Waals surface area contributed by atoms with Crippen molar-refractivity contribution in [3.63, 3.8) is 0 Å². The van der Waals surface area contributed by atoms with Crippen LogP contribution in [0.25, 0.3) is 0 Å². The zero-order chi connectivity index (χ0) is 16.5. The number of rotatable bonds is 8. The second-order valence-electron chi connectivity index (χ2n) is 4.59. The van der Waals surface area contributed by atoms with Crippen LogP contribution in [0.15, 0.2) is 18.2 Å². The fourth-order valence-electron chi connectivity index (χ4n) is 1.55. The molecule has 0 bridgehead atoms. The second-order valence-corrected chi connectivity index (χ2v) is 5.43. The molecule has 0 saturated heterocycles.